The molecule has 1 atom stereocenters. The smallest absolute Gasteiger partial charge is 0.228 e. The molecule has 1 fully saturated rings. The minimum atomic E-state index is -0.0861. The summed E-state index contributed by atoms with van der Waals surface area (Å²) < 4.78 is 2.17. The standard InChI is InChI=1S/C23H30N6O/c1-4-29-18(3)25-20-15-19(8-9-21(20)29)26-23(30)17(2)16-27-11-13-28(14-12-27)22-7-5-6-10-24-22/h5-10,15,17H,4,11-14,16H2,1-3H3,(H,26,30). The molecular weight excluding hydrogens is 376 g/mol. The number of amides is 1. The number of nitrogens with zero attached hydrogens (tertiary/aromatic N) is 5. The van der Waals surface area contributed by atoms with E-state index in [9.17, 15) is 4.79 Å². The van der Waals surface area contributed by atoms with Crippen molar-refractivity contribution in [3.05, 3.63) is 48.4 Å². The van der Waals surface area contributed by atoms with Gasteiger partial charge in [-0.25, -0.2) is 9.97 Å². The van der Waals surface area contributed by atoms with Gasteiger partial charge in [-0.15, -0.1) is 0 Å². The van der Waals surface area contributed by atoms with Gasteiger partial charge in [-0.2, -0.15) is 0 Å². The fourth-order valence-electron chi connectivity index (χ4n) is 4.16. The van der Waals surface area contributed by atoms with Gasteiger partial charge < -0.3 is 14.8 Å². The third kappa shape index (κ3) is 4.31. The summed E-state index contributed by atoms with van der Waals surface area (Å²) in [5, 5.41) is 3.07. The Balaban J connectivity index is 1.31. The summed E-state index contributed by atoms with van der Waals surface area (Å²) in [6, 6.07) is 12.0. The van der Waals surface area contributed by atoms with Crippen molar-refractivity contribution in [3.63, 3.8) is 0 Å². The zero-order chi connectivity index (χ0) is 21.1. The summed E-state index contributed by atoms with van der Waals surface area (Å²) in [5.41, 5.74) is 2.83. The first-order chi connectivity index (χ1) is 14.5. The number of aryl methyl sites for hydroxylation is 2. The van der Waals surface area contributed by atoms with E-state index in [4.69, 9.17) is 0 Å². The number of rotatable bonds is 6. The van der Waals surface area contributed by atoms with Crippen molar-refractivity contribution in [2.24, 2.45) is 5.92 Å². The fourth-order valence-corrected chi connectivity index (χ4v) is 4.16. The van der Waals surface area contributed by atoms with Crippen molar-refractivity contribution in [2.45, 2.75) is 27.3 Å². The van der Waals surface area contributed by atoms with Crippen LogP contribution in [0.15, 0.2) is 42.6 Å². The maximum absolute atomic E-state index is 12.8. The van der Waals surface area contributed by atoms with Crippen molar-refractivity contribution in [2.75, 3.05) is 42.9 Å². The first-order valence-corrected chi connectivity index (χ1v) is 10.7. The van der Waals surface area contributed by atoms with Crippen LogP contribution in [0.2, 0.25) is 0 Å². The minimum absolute atomic E-state index is 0.0492. The summed E-state index contributed by atoms with van der Waals surface area (Å²) in [4.78, 5) is 26.5. The Labute approximate surface area is 177 Å². The van der Waals surface area contributed by atoms with Gasteiger partial charge in [0.25, 0.3) is 0 Å². The number of benzene rings is 1. The van der Waals surface area contributed by atoms with E-state index in [-0.39, 0.29) is 11.8 Å². The second-order valence-electron chi connectivity index (χ2n) is 7.97. The molecule has 0 saturated carbocycles. The van der Waals surface area contributed by atoms with Crippen LogP contribution < -0.4 is 10.2 Å². The fraction of sp³-hybridized carbons (Fsp3) is 0.435. The van der Waals surface area contributed by atoms with Gasteiger partial charge in [0.1, 0.15) is 11.6 Å². The molecule has 3 aromatic rings. The van der Waals surface area contributed by atoms with Gasteiger partial charge in [0.05, 0.1) is 11.0 Å². The van der Waals surface area contributed by atoms with Gasteiger partial charge >= 0.3 is 0 Å². The Morgan fingerprint density at radius 1 is 1.17 bits per heavy atom. The lowest BCUT2D eigenvalue weighted by Gasteiger charge is -2.36. The number of hydrogen-bond acceptors (Lipinski definition) is 5. The van der Waals surface area contributed by atoms with E-state index in [0.717, 1.165) is 67.6 Å². The van der Waals surface area contributed by atoms with Gasteiger partial charge in [0, 0.05) is 57.1 Å². The zero-order valence-corrected chi connectivity index (χ0v) is 18.0. The van der Waals surface area contributed by atoms with Crippen molar-refractivity contribution >= 4 is 28.4 Å². The van der Waals surface area contributed by atoms with Crippen LogP contribution in [-0.2, 0) is 11.3 Å². The molecule has 158 valence electrons. The number of pyridine rings is 1. The topological polar surface area (TPSA) is 66.3 Å². The molecule has 1 N–H and O–H groups in total. The molecule has 1 saturated heterocycles. The van der Waals surface area contributed by atoms with Crippen molar-refractivity contribution in [1.29, 1.82) is 0 Å². The van der Waals surface area contributed by atoms with Crippen LogP contribution in [0.4, 0.5) is 11.5 Å². The predicted octanol–water partition coefficient (Wildman–Crippen LogP) is 3.16. The van der Waals surface area contributed by atoms with E-state index in [2.05, 4.69) is 36.6 Å². The molecule has 0 radical (unpaired) electrons. The molecule has 0 bridgehead atoms. The van der Waals surface area contributed by atoms with E-state index in [1.807, 2.05) is 56.4 Å². The molecule has 1 aliphatic heterocycles. The number of fused-ring (bicyclic) bond motifs is 1. The van der Waals surface area contributed by atoms with Crippen LogP contribution in [-0.4, -0.2) is 58.1 Å². The maximum Gasteiger partial charge on any atom is 0.228 e. The number of hydrogen-bond donors (Lipinski definition) is 1. The first-order valence-electron chi connectivity index (χ1n) is 10.7. The van der Waals surface area contributed by atoms with Crippen LogP contribution in [0, 0.1) is 12.8 Å². The SMILES string of the molecule is CCn1c(C)nc2cc(NC(=O)C(C)CN3CCN(c4ccccn4)CC3)ccc21. The van der Waals surface area contributed by atoms with E-state index >= 15 is 0 Å². The molecule has 1 amide bonds. The lowest BCUT2D eigenvalue weighted by molar-refractivity contribution is -0.120. The first kappa shape index (κ1) is 20.3. The third-order valence-corrected chi connectivity index (χ3v) is 5.85. The Kier molecular flexibility index (Phi) is 5.99. The van der Waals surface area contributed by atoms with Crippen LogP contribution in [0.25, 0.3) is 11.0 Å². The molecule has 7 nitrogen and oxygen atoms in total. The predicted molar refractivity (Wildman–Crippen MR) is 121 cm³/mol. The quantitative estimate of drug-likeness (QED) is 0.681. The average Bonchev–Trinajstić information content (AvgIpc) is 3.08. The van der Waals surface area contributed by atoms with Crippen LogP contribution in [0.3, 0.4) is 0 Å². The van der Waals surface area contributed by atoms with Gasteiger partial charge in [-0.3, -0.25) is 9.69 Å². The highest BCUT2D eigenvalue weighted by atomic mass is 16.1. The van der Waals surface area contributed by atoms with Crippen LogP contribution in [0.5, 0.6) is 0 Å². The number of anilines is 2. The number of piperazine rings is 1. The van der Waals surface area contributed by atoms with E-state index in [0.29, 0.717) is 0 Å². The Bertz CT molecular complexity index is 1010. The second kappa shape index (κ2) is 8.83. The molecule has 30 heavy (non-hydrogen) atoms. The van der Waals surface area contributed by atoms with Gasteiger partial charge in [-0.1, -0.05) is 13.0 Å². The van der Waals surface area contributed by atoms with Gasteiger partial charge in [0.2, 0.25) is 5.91 Å². The van der Waals surface area contributed by atoms with E-state index in [1.165, 1.54) is 0 Å². The summed E-state index contributed by atoms with van der Waals surface area (Å²) >= 11 is 0. The van der Waals surface area contributed by atoms with Gasteiger partial charge in [-0.05, 0) is 44.2 Å². The second-order valence-corrected chi connectivity index (χ2v) is 7.97. The average molecular weight is 407 g/mol. The van der Waals surface area contributed by atoms with Gasteiger partial charge in [0.15, 0.2) is 0 Å². The molecule has 0 spiro atoms. The molecule has 1 unspecified atom stereocenters. The maximum atomic E-state index is 12.8. The normalized spacial score (nSPS) is 16.0. The van der Waals surface area contributed by atoms with Crippen molar-refractivity contribution < 1.29 is 4.79 Å². The number of imidazole rings is 1. The number of carbonyl (C=O) groups excluding carboxylic acids is 1. The van der Waals surface area contributed by atoms with E-state index < -0.39 is 0 Å². The Hall–Kier alpha value is -2.93. The molecule has 3 heterocycles. The minimum Gasteiger partial charge on any atom is -0.354 e. The largest absolute Gasteiger partial charge is 0.354 e. The highest BCUT2D eigenvalue weighted by Gasteiger charge is 2.22. The highest BCUT2D eigenvalue weighted by Crippen LogP contribution is 2.21. The number of nitrogens with one attached hydrogen (secondary N) is 1. The highest BCUT2D eigenvalue weighted by molar-refractivity contribution is 5.94. The van der Waals surface area contributed by atoms with E-state index in [1.54, 1.807) is 0 Å². The zero-order valence-electron chi connectivity index (χ0n) is 18.0. The summed E-state index contributed by atoms with van der Waals surface area (Å²) in [6.45, 7) is 11.5. The van der Waals surface area contributed by atoms with Crippen molar-refractivity contribution in [1.82, 2.24) is 19.4 Å². The Morgan fingerprint density at radius 3 is 2.67 bits per heavy atom. The molecule has 0 aliphatic carbocycles. The number of carbonyl (C=O) groups is 1. The van der Waals surface area contributed by atoms with Crippen LogP contribution >= 0.6 is 0 Å². The molecule has 1 aromatic carbocycles. The summed E-state index contributed by atoms with van der Waals surface area (Å²) in [5.74, 6) is 1.98. The molecular formula is C23H30N6O. The third-order valence-electron chi connectivity index (χ3n) is 5.85. The van der Waals surface area contributed by atoms with Crippen molar-refractivity contribution in [3.8, 4) is 0 Å². The molecule has 7 heteroatoms. The Morgan fingerprint density at radius 2 is 1.97 bits per heavy atom. The lowest BCUT2D eigenvalue weighted by Crippen LogP contribution is -2.48. The lowest BCUT2D eigenvalue weighted by atomic mass is 10.1. The number of aromatic nitrogens is 3. The monoisotopic (exact) mass is 406 g/mol. The molecule has 1 aliphatic rings. The van der Waals surface area contributed by atoms with Crippen LogP contribution in [0.1, 0.15) is 19.7 Å². The molecule has 4 rings (SSSR count). The summed E-state index contributed by atoms with van der Waals surface area (Å²) in [7, 11) is 0. The summed E-state index contributed by atoms with van der Waals surface area (Å²) in [6.07, 6.45) is 1.83. The molecule has 2 aromatic heterocycles.